The first-order valence-corrected chi connectivity index (χ1v) is 6.70. The molecule has 1 aliphatic rings. The van der Waals surface area contributed by atoms with Gasteiger partial charge in [-0.15, -0.1) is 0 Å². The summed E-state index contributed by atoms with van der Waals surface area (Å²) in [6.07, 6.45) is 1.82. The third-order valence-electron chi connectivity index (χ3n) is 3.93. The summed E-state index contributed by atoms with van der Waals surface area (Å²) in [5.74, 6) is -0.177. The minimum atomic E-state index is -0.554. The molecule has 1 rings (SSSR count). The van der Waals surface area contributed by atoms with Gasteiger partial charge in [-0.1, -0.05) is 0 Å². The highest BCUT2D eigenvalue weighted by molar-refractivity contribution is 5.80. The molecule has 0 aliphatic carbocycles. The summed E-state index contributed by atoms with van der Waals surface area (Å²) in [6, 6.07) is 0. The molecule has 18 heavy (non-hydrogen) atoms. The van der Waals surface area contributed by atoms with E-state index in [1.54, 1.807) is 0 Å². The highest BCUT2D eigenvalue weighted by atomic mass is 16.5. The van der Waals surface area contributed by atoms with Crippen molar-refractivity contribution in [3.8, 4) is 0 Å². The number of esters is 1. The van der Waals surface area contributed by atoms with Crippen molar-refractivity contribution in [3.63, 3.8) is 0 Å². The van der Waals surface area contributed by atoms with Crippen LogP contribution in [0.1, 0.15) is 19.8 Å². The molecule has 1 fully saturated rings. The van der Waals surface area contributed by atoms with Gasteiger partial charge in [0, 0.05) is 26.2 Å². The molecule has 0 spiro atoms. The molecular weight excluding hydrogens is 230 g/mol. The van der Waals surface area contributed by atoms with E-state index in [1.165, 1.54) is 7.11 Å². The highest BCUT2D eigenvalue weighted by Gasteiger charge is 2.32. The maximum absolute atomic E-state index is 11.7. The summed E-state index contributed by atoms with van der Waals surface area (Å²) < 4.78 is 4.84. The van der Waals surface area contributed by atoms with Crippen LogP contribution in [0.2, 0.25) is 0 Å². The number of hydrogen-bond donors (Lipinski definition) is 1. The zero-order valence-corrected chi connectivity index (χ0v) is 12.2. The van der Waals surface area contributed by atoms with Crippen molar-refractivity contribution in [1.82, 2.24) is 15.1 Å². The average Bonchev–Trinajstić information content (AvgIpc) is 2.39. The Morgan fingerprint density at radius 3 is 2.44 bits per heavy atom. The third kappa shape index (κ3) is 4.23. The van der Waals surface area contributed by atoms with Crippen LogP contribution in [-0.4, -0.2) is 75.2 Å². The van der Waals surface area contributed by atoms with Crippen LogP contribution in [0.5, 0.6) is 0 Å². The lowest BCUT2D eigenvalue weighted by molar-refractivity contribution is -0.148. The predicted molar refractivity (Wildman–Crippen MR) is 72.7 cm³/mol. The van der Waals surface area contributed by atoms with E-state index < -0.39 is 5.54 Å². The summed E-state index contributed by atoms with van der Waals surface area (Å²) in [6.45, 7) is 7.50. The standard InChI is InChI=1S/C13H27N3O2/c1-13(14-2,12(17)18-4)6-5-7-16-10-8-15(3)9-11-16/h14H,5-11H2,1-4H3. The molecule has 5 heteroatoms. The molecule has 0 aromatic rings. The number of hydrogen-bond acceptors (Lipinski definition) is 5. The van der Waals surface area contributed by atoms with Crippen molar-refractivity contribution >= 4 is 5.97 Å². The quantitative estimate of drug-likeness (QED) is 0.687. The average molecular weight is 257 g/mol. The summed E-state index contributed by atoms with van der Waals surface area (Å²) in [7, 11) is 5.41. The molecule has 1 aliphatic heterocycles. The zero-order valence-electron chi connectivity index (χ0n) is 12.2. The van der Waals surface area contributed by atoms with Crippen LogP contribution in [0.15, 0.2) is 0 Å². The first-order valence-electron chi connectivity index (χ1n) is 6.70. The lowest BCUT2D eigenvalue weighted by Crippen LogP contribution is -2.49. The summed E-state index contributed by atoms with van der Waals surface area (Å²) in [5, 5.41) is 3.07. The van der Waals surface area contributed by atoms with Crippen molar-refractivity contribution in [2.45, 2.75) is 25.3 Å². The van der Waals surface area contributed by atoms with Gasteiger partial charge in [-0.3, -0.25) is 4.79 Å². The topological polar surface area (TPSA) is 44.8 Å². The number of carbonyl (C=O) groups excluding carboxylic acids is 1. The van der Waals surface area contributed by atoms with E-state index in [-0.39, 0.29) is 5.97 Å². The molecule has 0 aromatic carbocycles. The lowest BCUT2D eigenvalue weighted by atomic mass is 9.96. The molecule has 5 nitrogen and oxygen atoms in total. The maximum Gasteiger partial charge on any atom is 0.325 e. The van der Waals surface area contributed by atoms with Crippen molar-refractivity contribution in [2.75, 3.05) is 53.9 Å². The molecule has 0 radical (unpaired) electrons. The van der Waals surface area contributed by atoms with Crippen LogP contribution >= 0.6 is 0 Å². The van der Waals surface area contributed by atoms with Gasteiger partial charge in [0.15, 0.2) is 0 Å². The molecular formula is C13H27N3O2. The fourth-order valence-electron chi connectivity index (χ4n) is 2.28. The second kappa shape index (κ2) is 7.07. The van der Waals surface area contributed by atoms with Gasteiger partial charge in [-0.25, -0.2) is 0 Å². The van der Waals surface area contributed by atoms with Gasteiger partial charge < -0.3 is 19.9 Å². The van der Waals surface area contributed by atoms with E-state index in [2.05, 4.69) is 22.2 Å². The summed E-state index contributed by atoms with van der Waals surface area (Å²) in [5.41, 5.74) is -0.554. The van der Waals surface area contributed by atoms with Crippen LogP contribution < -0.4 is 5.32 Å². The van der Waals surface area contributed by atoms with Crippen LogP contribution in [0, 0.1) is 0 Å². The SMILES string of the molecule is CNC(C)(CCCN1CCN(C)CC1)C(=O)OC. The number of nitrogens with zero attached hydrogens (tertiary/aromatic N) is 2. The van der Waals surface area contributed by atoms with Gasteiger partial charge in [0.2, 0.25) is 0 Å². The summed E-state index contributed by atoms with van der Waals surface area (Å²) >= 11 is 0. The van der Waals surface area contributed by atoms with Gasteiger partial charge in [0.25, 0.3) is 0 Å². The molecule has 0 amide bonds. The predicted octanol–water partition coefficient (Wildman–Crippen LogP) is 0.165. The van der Waals surface area contributed by atoms with E-state index in [0.717, 1.165) is 45.6 Å². The fourth-order valence-corrected chi connectivity index (χ4v) is 2.28. The Labute approximate surface area is 110 Å². The Morgan fingerprint density at radius 1 is 1.33 bits per heavy atom. The molecule has 1 atom stereocenters. The van der Waals surface area contributed by atoms with Crippen molar-refractivity contribution < 1.29 is 9.53 Å². The Bertz CT molecular complexity index is 265. The number of carbonyl (C=O) groups is 1. The number of nitrogens with one attached hydrogen (secondary N) is 1. The minimum absolute atomic E-state index is 0.177. The minimum Gasteiger partial charge on any atom is -0.468 e. The Balaban J connectivity index is 2.29. The maximum atomic E-state index is 11.7. The summed E-state index contributed by atoms with van der Waals surface area (Å²) in [4.78, 5) is 16.5. The van der Waals surface area contributed by atoms with Crippen molar-refractivity contribution in [3.05, 3.63) is 0 Å². The number of likely N-dealkylation sites (N-methyl/N-ethyl adjacent to an activating group) is 2. The second-order valence-corrected chi connectivity index (χ2v) is 5.32. The Kier molecular flexibility index (Phi) is 6.05. The van der Waals surface area contributed by atoms with Crippen LogP contribution in [0.4, 0.5) is 0 Å². The molecule has 0 saturated carbocycles. The van der Waals surface area contributed by atoms with E-state index in [9.17, 15) is 4.79 Å². The monoisotopic (exact) mass is 257 g/mol. The van der Waals surface area contributed by atoms with E-state index in [1.807, 2.05) is 14.0 Å². The zero-order chi connectivity index (χ0) is 13.6. The highest BCUT2D eigenvalue weighted by Crippen LogP contribution is 2.14. The first-order chi connectivity index (χ1) is 8.51. The van der Waals surface area contributed by atoms with Crippen molar-refractivity contribution in [1.29, 1.82) is 0 Å². The molecule has 1 N–H and O–H groups in total. The number of piperazine rings is 1. The van der Waals surface area contributed by atoms with Gasteiger partial charge >= 0.3 is 5.97 Å². The molecule has 1 heterocycles. The van der Waals surface area contributed by atoms with E-state index >= 15 is 0 Å². The number of ether oxygens (including phenoxy) is 1. The first kappa shape index (κ1) is 15.4. The normalized spacial score (nSPS) is 21.6. The van der Waals surface area contributed by atoms with E-state index in [0.29, 0.717) is 0 Å². The smallest absolute Gasteiger partial charge is 0.325 e. The molecule has 1 saturated heterocycles. The van der Waals surface area contributed by atoms with Crippen LogP contribution in [0.25, 0.3) is 0 Å². The number of methoxy groups -OCH3 is 1. The Morgan fingerprint density at radius 2 is 1.94 bits per heavy atom. The van der Waals surface area contributed by atoms with Gasteiger partial charge in [0.05, 0.1) is 7.11 Å². The van der Waals surface area contributed by atoms with Gasteiger partial charge in [0.1, 0.15) is 5.54 Å². The fraction of sp³-hybridized carbons (Fsp3) is 0.923. The third-order valence-corrected chi connectivity index (χ3v) is 3.93. The van der Waals surface area contributed by atoms with Gasteiger partial charge in [-0.2, -0.15) is 0 Å². The van der Waals surface area contributed by atoms with Crippen molar-refractivity contribution in [2.24, 2.45) is 0 Å². The van der Waals surface area contributed by atoms with E-state index in [4.69, 9.17) is 4.74 Å². The van der Waals surface area contributed by atoms with Crippen LogP contribution in [-0.2, 0) is 9.53 Å². The molecule has 0 bridgehead atoms. The van der Waals surface area contributed by atoms with Crippen LogP contribution in [0.3, 0.4) is 0 Å². The second-order valence-electron chi connectivity index (χ2n) is 5.32. The molecule has 1 unspecified atom stereocenters. The number of rotatable bonds is 6. The Hall–Kier alpha value is -0.650. The molecule has 106 valence electrons. The lowest BCUT2D eigenvalue weighted by Gasteiger charge is -2.33. The van der Waals surface area contributed by atoms with Gasteiger partial charge in [-0.05, 0) is 40.4 Å². The molecule has 0 aromatic heterocycles. The largest absolute Gasteiger partial charge is 0.468 e.